The Morgan fingerprint density at radius 2 is 1.76 bits per heavy atom. The lowest BCUT2D eigenvalue weighted by Crippen LogP contribution is -2.49. The molecule has 0 spiro atoms. The number of hydrogen-bond acceptors (Lipinski definition) is 4. The van der Waals surface area contributed by atoms with E-state index in [-0.39, 0.29) is 41.3 Å². The van der Waals surface area contributed by atoms with Crippen LogP contribution in [0.25, 0.3) is 0 Å². The molecule has 0 heterocycles. The molecule has 29 heavy (non-hydrogen) atoms. The van der Waals surface area contributed by atoms with Crippen LogP contribution in [0.2, 0.25) is 0 Å². The van der Waals surface area contributed by atoms with Gasteiger partial charge in [-0.2, -0.15) is 0 Å². The molecule has 1 aromatic carbocycles. The highest BCUT2D eigenvalue weighted by Gasteiger charge is 2.42. The maximum atomic E-state index is 12.7. The number of carbonyl (C=O) groups excluding carboxylic acids is 2. The van der Waals surface area contributed by atoms with E-state index in [1.54, 1.807) is 17.0 Å². The Kier molecular flexibility index (Phi) is 10.4. The molecule has 1 saturated carbocycles. The number of benzene rings is 1. The summed E-state index contributed by atoms with van der Waals surface area (Å²) < 4.78 is 4.71. The van der Waals surface area contributed by atoms with Gasteiger partial charge in [0, 0.05) is 27.2 Å². The van der Waals surface area contributed by atoms with Gasteiger partial charge in [-0.15, -0.1) is 24.0 Å². The van der Waals surface area contributed by atoms with Crippen LogP contribution in [0.15, 0.2) is 29.3 Å². The molecule has 1 aromatic rings. The second kappa shape index (κ2) is 12.0. The van der Waals surface area contributed by atoms with E-state index >= 15 is 0 Å². The molecule has 0 saturated heterocycles. The van der Waals surface area contributed by atoms with Crippen LogP contribution in [-0.4, -0.2) is 57.0 Å². The van der Waals surface area contributed by atoms with Gasteiger partial charge < -0.3 is 20.3 Å². The molecular formula is C21H33IN4O3. The quantitative estimate of drug-likeness (QED) is 0.252. The molecule has 0 bridgehead atoms. The molecule has 7 nitrogen and oxygen atoms in total. The first-order chi connectivity index (χ1) is 13.4. The van der Waals surface area contributed by atoms with Crippen molar-refractivity contribution in [3.05, 3.63) is 35.4 Å². The summed E-state index contributed by atoms with van der Waals surface area (Å²) >= 11 is 0. The van der Waals surface area contributed by atoms with Crippen LogP contribution in [0.5, 0.6) is 0 Å². The van der Waals surface area contributed by atoms with Crippen LogP contribution in [0, 0.1) is 5.41 Å². The number of hydrogen-bond donors (Lipinski definition) is 2. The van der Waals surface area contributed by atoms with Crippen molar-refractivity contribution in [2.24, 2.45) is 10.4 Å². The maximum Gasteiger partial charge on any atom is 0.337 e. The van der Waals surface area contributed by atoms with Gasteiger partial charge in [-0.1, -0.05) is 25.0 Å². The normalized spacial score (nSPS) is 15.2. The molecule has 0 atom stereocenters. The standard InChI is InChI=1S/C21H32N4O3.HI/c1-5-22-20(23-14-16-8-10-17(11-9-16)18(26)28-4)24-15-21(12-6-7-13-21)19(27)25(2)3;/h8-11H,5-7,12-15H2,1-4H3,(H2,22,23,24);1H. The fourth-order valence-corrected chi connectivity index (χ4v) is 3.62. The largest absolute Gasteiger partial charge is 0.465 e. The van der Waals surface area contributed by atoms with Crippen molar-refractivity contribution in [2.45, 2.75) is 39.2 Å². The van der Waals surface area contributed by atoms with Crippen molar-refractivity contribution < 1.29 is 14.3 Å². The minimum atomic E-state index is -0.350. The lowest BCUT2D eigenvalue weighted by Gasteiger charge is -2.31. The van der Waals surface area contributed by atoms with Gasteiger partial charge >= 0.3 is 5.97 Å². The molecule has 2 N–H and O–H groups in total. The van der Waals surface area contributed by atoms with Crippen molar-refractivity contribution in [3.63, 3.8) is 0 Å². The van der Waals surface area contributed by atoms with Crippen molar-refractivity contribution in [1.82, 2.24) is 15.5 Å². The van der Waals surface area contributed by atoms with Gasteiger partial charge in [-0.3, -0.25) is 4.79 Å². The van der Waals surface area contributed by atoms with Gasteiger partial charge in [0.15, 0.2) is 5.96 Å². The average molecular weight is 516 g/mol. The Labute approximate surface area is 190 Å². The Bertz CT molecular complexity index is 698. The molecular weight excluding hydrogens is 483 g/mol. The number of halogens is 1. The maximum absolute atomic E-state index is 12.7. The molecule has 1 amide bonds. The summed E-state index contributed by atoms with van der Waals surface area (Å²) in [6.45, 7) is 3.81. The summed E-state index contributed by atoms with van der Waals surface area (Å²) in [5.41, 5.74) is 1.16. The second-order valence-corrected chi connectivity index (χ2v) is 7.42. The zero-order valence-corrected chi connectivity index (χ0v) is 20.1. The monoisotopic (exact) mass is 516 g/mol. The van der Waals surface area contributed by atoms with Gasteiger partial charge in [-0.25, -0.2) is 9.79 Å². The van der Waals surface area contributed by atoms with Crippen molar-refractivity contribution in [2.75, 3.05) is 34.3 Å². The van der Waals surface area contributed by atoms with Crippen LogP contribution in [0.3, 0.4) is 0 Å². The van der Waals surface area contributed by atoms with E-state index in [1.807, 2.05) is 33.2 Å². The number of esters is 1. The summed E-state index contributed by atoms with van der Waals surface area (Å²) in [6.07, 6.45) is 3.99. The van der Waals surface area contributed by atoms with Gasteiger partial charge in [0.05, 0.1) is 24.6 Å². The number of carbonyl (C=O) groups is 2. The van der Waals surface area contributed by atoms with Crippen LogP contribution in [0.1, 0.15) is 48.5 Å². The number of nitrogens with one attached hydrogen (secondary N) is 2. The van der Waals surface area contributed by atoms with E-state index in [1.165, 1.54) is 7.11 Å². The Morgan fingerprint density at radius 3 is 2.28 bits per heavy atom. The fourth-order valence-electron chi connectivity index (χ4n) is 3.62. The summed E-state index contributed by atoms with van der Waals surface area (Å²) in [6, 6.07) is 7.21. The average Bonchev–Trinajstić information content (AvgIpc) is 3.19. The molecule has 0 aromatic heterocycles. The highest BCUT2D eigenvalue weighted by molar-refractivity contribution is 14.0. The topological polar surface area (TPSA) is 83.0 Å². The van der Waals surface area contributed by atoms with Gasteiger partial charge in [0.2, 0.25) is 5.91 Å². The van der Waals surface area contributed by atoms with Gasteiger partial charge in [0.1, 0.15) is 0 Å². The first kappa shape index (κ1) is 25.2. The van der Waals surface area contributed by atoms with E-state index in [4.69, 9.17) is 4.74 Å². The Morgan fingerprint density at radius 1 is 1.14 bits per heavy atom. The summed E-state index contributed by atoms with van der Waals surface area (Å²) in [4.78, 5) is 30.6. The SMILES string of the molecule is CCNC(=NCc1ccc(C(=O)OC)cc1)NCC1(C(=O)N(C)C)CCCC1.I. The Hall–Kier alpha value is -1.84. The number of guanidine groups is 1. The van der Waals surface area contributed by atoms with Gasteiger partial charge in [0.25, 0.3) is 0 Å². The molecule has 8 heteroatoms. The van der Waals surface area contributed by atoms with Crippen LogP contribution in [-0.2, 0) is 16.1 Å². The van der Waals surface area contributed by atoms with E-state index in [0.717, 1.165) is 37.8 Å². The van der Waals surface area contributed by atoms with E-state index < -0.39 is 0 Å². The van der Waals surface area contributed by atoms with Crippen LogP contribution >= 0.6 is 24.0 Å². The summed E-state index contributed by atoms with van der Waals surface area (Å²) in [7, 11) is 5.01. The third kappa shape index (κ3) is 6.87. The van der Waals surface area contributed by atoms with Gasteiger partial charge in [-0.05, 0) is 37.5 Å². The predicted octanol–water partition coefficient (Wildman–Crippen LogP) is 2.79. The number of methoxy groups -OCH3 is 1. The molecule has 0 aliphatic heterocycles. The van der Waals surface area contributed by atoms with Crippen molar-refractivity contribution in [3.8, 4) is 0 Å². The third-order valence-electron chi connectivity index (χ3n) is 5.15. The predicted molar refractivity (Wildman–Crippen MR) is 126 cm³/mol. The first-order valence-corrected chi connectivity index (χ1v) is 9.83. The minimum Gasteiger partial charge on any atom is -0.465 e. The smallest absolute Gasteiger partial charge is 0.337 e. The van der Waals surface area contributed by atoms with Crippen molar-refractivity contribution >= 4 is 41.8 Å². The molecule has 0 radical (unpaired) electrons. The number of rotatable bonds is 7. The number of ether oxygens (including phenoxy) is 1. The van der Waals surface area contributed by atoms with Crippen LogP contribution in [0.4, 0.5) is 0 Å². The fraction of sp³-hybridized carbons (Fsp3) is 0.571. The summed E-state index contributed by atoms with van der Waals surface area (Å²) in [5, 5.41) is 6.61. The minimum absolute atomic E-state index is 0. The van der Waals surface area contributed by atoms with Crippen molar-refractivity contribution in [1.29, 1.82) is 0 Å². The zero-order valence-electron chi connectivity index (χ0n) is 17.8. The molecule has 0 unspecified atom stereocenters. The number of aliphatic imine (C=N–C) groups is 1. The third-order valence-corrected chi connectivity index (χ3v) is 5.15. The molecule has 1 aliphatic rings. The molecule has 2 rings (SSSR count). The summed E-state index contributed by atoms with van der Waals surface area (Å²) in [5.74, 6) is 0.529. The number of amides is 1. The number of nitrogens with zero attached hydrogens (tertiary/aromatic N) is 2. The first-order valence-electron chi connectivity index (χ1n) is 9.83. The lowest BCUT2D eigenvalue weighted by molar-refractivity contribution is -0.138. The van der Waals surface area contributed by atoms with E-state index in [9.17, 15) is 9.59 Å². The second-order valence-electron chi connectivity index (χ2n) is 7.42. The molecule has 162 valence electrons. The zero-order chi connectivity index (χ0) is 20.6. The van der Waals surface area contributed by atoms with E-state index in [2.05, 4.69) is 15.6 Å². The highest BCUT2D eigenvalue weighted by Crippen LogP contribution is 2.38. The Balaban J connectivity index is 0.00000420. The highest BCUT2D eigenvalue weighted by atomic mass is 127. The lowest BCUT2D eigenvalue weighted by atomic mass is 9.84. The van der Waals surface area contributed by atoms with E-state index in [0.29, 0.717) is 24.6 Å². The van der Waals surface area contributed by atoms with Crippen LogP contribution < -0.4 is 10.6 Å². The molecule has 1 fully saturated rings. The molecule has 1 aliphatic carbocycles.